The SMILES string of the molecule is Cc1c(Br)ccc2c3oc(N4CCNC(=O)C4)nc3c(=O)n(C3CC3)c12. The van der Waals surface area contributed by atoms with Gasteiger partial charge in [0.25, 0.3) is 11.6 Å². The van der Waals surface area contributed by atoms with Crippen LogP contribution in [0.25, 0.3) is 22.0 Å². The monoisotopic (exact) mass is 416 g/mol. The fraction of sp³-hybridized carbons (Fsp3) is 0.389. The van der Waals surface area contributed by atoms with Gasteiger partial charge in [-0.3, -0.25) is 9.59 Å². The molecule has 3 heterocycles. The number of carbonyl (C=O) groups is 1. The molecule has 1 N–H and O–H groups in total. The van der Waals surface area contributed by atoms with Crippen molar-refractivity contribution in [3.63, 3.8) is 0 Å². The largest absolute Gasteiger partial charge is 0.422 e. The molecule has 5 rings (SSSR count). The van der Waals surface area contributed by atoms with Crippen LogP contribution in [0.2, 0.25) is 0 Å². The lowest BCUT2D eigenvalue weighted by Crippen LogP contribution is -2.47. The van der Waals surface area contributed by atoms with Crippen LogP contribution in [0.1, 0.15) is 24.4 Å². The molecule has 0 radical (unpaired) electrons. The lowest BCUT2D eigenvalue weighted by atomic mass is 10.1. The Morgan fingerprint density at radius 3 is 2.85 bits per heavy atom. The third-order valence-electron chi connectivity index (χ3n) is 5.11. The molecule has 8 heteroatoms. The van der Waals surface area contributed by atoms with Gasteiger partial charge in [0.2, 0.25) is 5.91 Å². The van der Waals surface area contributed by atoms with Crippen molar-refractivity contribution in [3.8, 4) is 0 Å². The van der Waals surface area contributed by atoms with Gasteiger partial charge in [0, 0.05) is 29.0 Å². The number of aromatic nitrogens is 2. The minimum atomic E-state index is -0.118. The second kappa shape index (κ2) is 5.57. The van der Waals surface area contributed by atoms with Gasteiger partial charge in [0.15, 0.2) is 11.1 Å². The van der Waals surface area contributed by atoms with Gasteiger partial charge in [-0.2, -0.15) is 4.98 Å². The van der Waals surface area contributed by atoms with Crippen molar-refractivity contribution in [1.29, 1.82) is 0 Å². The van der Waals surface area contributed by atoms with Crippen molar-refractivity contribution in [2.24, 2.45) is 0 Å². The number of anilines is 1. The molecule has 0 atom stereocenters. The Kier molecular flexibility index (Phi) is 3.40. The first kappa shape index (κ1) is 15.9. The van der Waals surface area contributed by atoms with E-state index in [1.807, 2.05) is 23.6 Å². The number of amides is 1. The van der Waals surface area contributed by atoms with Gasteiger partial charge in [-0.25, -0.2) is 0 Å². The van der Waals surface area contributed by atoms with Crippen molar-refractivity contribution < 1.29 is 9.21 Å². The van der Waals surface area contributed by atoms with Gasteiger partial charge in [-0.05, 0) is 37.5 Å². The third kappa shape index (κ3) is 2.28. The van der Waals surface area contributed by atoms with E-state index in [1.165, 1.54) is 0 Å². The molecule has 1 aromatic carbocycles. The summed E-state index contributed by atoms with van der Waals surface area (Å²) in [4.78, 5) is 31.1. The van der Waals surface area contributed by atoms with Crippen LogP contribution in [-0.2, 0) is 4.79 Å². The number of aryl methyl sites for hydroxylation is 1. The number of benzene rings is 1. The number of hydrogen-bond donors (Lipinski definition) is 1. The Morgan fingerprint density at radius 1 is 1.31 bits per heavy atom. The van der Waals surface area contributed by atoms with Gasteiger partial charge in [-0.15, -0.1) is 0 Å². The van der Waals surface area contributed by atoms with E-state index in [0.717, 1.165) is 33.8 Å². The molecule has 2 fully saturated rings. The topological polar surface area (TPSA) is 80.4 Å². The van der Waals surface area contributed by atoms with Crippen LogP contribution in [0.15, 0.2) is 25.8 Å². The Bertz CT molecular complexity index is 1130. The molecule has 2 aromatic heterocycles. The van der Waals surface area contributed by atoms with E-state index >= 15 is 0 Å². The van der Waals surface area contributed by atoms with E-state index in [1.54, 1.807) is 4.90 Å². The number of rotatable bonds is 2. The summed E-state index contributed by atoms with van der Waals surface area (Å²) in [5, 5.41) is 3.66. The number of halogens is 1. The summed E-state index contributed by atoms with van der Waals surface area (Å²) in [6.45, 7) is 3.34. The molecule has 26 heavy (non-hydrogen) atoms. The lowest BCUT2D eigenvalue weighted by molar-refractivity contribution is -0.120. The van der Waals surface area contributed by atoms with Gasteiger partial charge < -0.3 is 19.2 Å². The molecular weight excluding hydrogens is 400 g/mol. The van der Waals surface area contributed by atoms with Crippen molar-refractivity contribution in [2.45, 2.75) is 25.8 Å². The molecular formula is C18H17BrN4O3. The number of piperazine rings is 1. The predicted molar refractivity (Wildman–Crippen MR) is 102 cm³/mol. The first-order valence-corrected chi connectivity index (χ1v) is 9.49. The summed E-state index contributed by atoms with van der Waals surface area (Å²) in [5.41, 5.74) is 2.64. The Balaban J connectivity index is 1.81. The number of hydrogen-bond acceptors (Lipinski definition) is 5. The molecule has 0 spiro atoms. The molecule has 3 aromatic rings. The molecule has 1 aliphatic carbocycles. The maximum Gasteiger partial charge on any atom is 0.299 e. The number of nitrogens with zero attached hydrogens (tertiary/aromatic N) is 3. The molecule has 1 saturated heterocycles. The zero-order valence-electron chi connectivity index (χ0n) is 14.2. The van der Waals surface area contributed by atoms with Crippen molar-refractivity contribution >= 4 is 49.9 Å². The van der Waals surface area contributed by atoms with E-state index in [9.17, 15) is 9.59 Å². The van der Waals surface area contributed by atoms with E-state index in [-0.39, 0.29) is 24.1 Å². The maximum absolute atomic E-state index is 13.2. The van der Waals surface area contributed by atoms with Crippen molar-refractivity contribution in [1.82, 2.24) is 14.9 Å². The Morgan fingerprint density at radius 2 is 2.12 bits per heavy atom. The summed E-state index contributed by atoms with van der Waals surface area (Å²) >= 11 is 3.57. The number of carbonyl (C=O) groups excluding carboxylic acids is 1. The fourth-order valence-electron chi connectivity index (χ4n) is 3.64. The quantitative estimate of drug-likeness (QED) is 0.693. The zero-order valence-corrected chi connectivity index (χ0v) is 15.8. The summed E-state index contributed by atoms with van der Waals surface area (Å²) in [6, 6.07) is 4.49. The van der Waals surface area contributed by atoms with Gasteiger partial charge in [-0.1, -0.05) is 15.9 Å². The summed E-state index contributed by atoms with van der Waals surface area (Å²) < 4.78 is 8.84. The van der Waals surface area contributed by atoms with Crippen LogP contribution in [0.5, 0.6) is 0 Å². The normalized spacial score (nSPS) is 17.9. The van der Waals surface area contributed by atoms with Gasteiger partial charge in [0.05, 0.1) is 5.52 Å². The van der Waals surface area contributed by atoms with Crippen LogP contribution in [0.3, 0.4) is 0 Å². The number of oxazole rings is 1. The molecule has 1 saturated carbocycles. The second-order valence-corrected chi connectivity index (χ2v) is 7.77. The molecule has 7 nitrogen and oxygen atoms in total. The third-order valence-corrected chi connectivity index (χ3v) is 5.97. The van der Waals surface area contributed by atoms with Crippen molar-refractivity contribution in [3.05, 3.63) is 32.5 Å². The minimum absolute atomic E-state index is 0.0708. The Labute approximate surface area is 157 Å². The average Bonchev–Trinajstić information content (AvgIpc) is 3.35. The second-order valence-electron chi connectivity index (χ2n) is 6.92. The molecule has 134 valence electrons. The molecule has 0 unspecified atom stereocenters. The van der Waals surface area contributed by atoms with Crippen LogP contribution < -0.4 is 15.8 Å². The summed E-state index contributed by atoms with van der Waals surface area (Å²) in [5.74, 6) is -0.0708. The van der Waals surface area contributed by atoms with E-state index in [0.29, 0.717) is 30.2 Å². The maximum atomic E-state index is 13.2. The lowest BCUT2D eigenvalue weighted by Gasteiger charge is -2.24. The minimum Gasteiger partial charge on any atom is -0.422 e. The first-order valence-electron chi connectivity index (χ1n) is 8.70. The highest BCUT2D eigenvalue weighted by molar-refractivity contribution is 9.10. The summed E-state index contributed by atoms with van der Waals surface area (Å²) in [6.07, 6.45) is 2.01. The number of pyridine rings is 1. The zero-order chi connectivity index (χ0) is 18.0. The smallest absolute Gasteiger partial charge is 0.299 e. The van der Waals surface area contributed by atoms with E-state index < -0.39 is 0 Å². The number of nitrogens with one attached hydrogen (secondary N) is 1. The van der Waals surface area contributed by atoms with Crippen LogP contribution in [0, 0.1) is 6.92 Å². The van der Waals surface area contributed by atoms with Crippen LogP contribution in [0.4, 0.5) is 6.01 Å². The Hall–Kier alpha value is -2.35. The molecule has 0 bridgehead atoms. The van der Waals surface area contributed by atoms with Gasteiger partial charge in [0.1, 0.15) is 6.54 Å². The average molecular weight is 417 g/mol. The highest BCUT2D eigenvalue weighted by Gasteiger charge is 2.31. The standard InChI is InChI=1S/C18H17BrN4O3/c1-9-12(19)5-4-11-15(9)23(10-2-3-10)17(25)14-16(11)26-18(21-14)22-7-6-20-13(24)8-22/h4-5,10H,2-3,6-8H2,1H3,(H,20,24). The molecule has 1 aliphatic heterocycles. The van der Waals surface area contributed by atoms with E-state index in [2.05, 4.69) is 26.2 Å². The fourth-order valence-corrected chi connectivity index (χ4v) is 3.96. The summed E-state index contributed by atoms with van der Waals surface area (Å²) in [7, 11) is 0. The molecule has 1 amide bonds. The van der Waals surface area contributed by atoms with E-state index in [4.69, 9.17) is 4.42 Å². The predicted octanol–water partition coefficient (Wildman–Crippen LogP) is 2.48. The first-order chi connectivity index (χ1) is 12.5. The highest BCUT2D eigenvalue weighted by Crippen LogP contribution is 2.40. The van der Waals surface area contributed by atoms with Crippen LogP contribution >= 0.6 is 15.9 Å². The highest BCUT2D eigenvalue weighted by atomic mass is 79.9. The van der Waals surface area contributed by atoms with Gasteiger partial charge >= 0.3 is 0 Å². The number of fused-ring (bicyclic) bond motifs is 3. The van der Waals surface area contributed by atoms with Crippen LogP contribution in [-0.4, -0.2) is 35.1 Å². The molecule has 2 aliphatic rings. The van der Waals surface area contributed by atoms with Crippen molar-refractivity contribution in [2.75, 3.05) is 24.5 Å².